The van der Waals surface area contributed by atoms with Crippen LogP contribution in [-0.2, 0) is 33.2 Å². The molecule has 0 aromatic carbocycles. The maximum absolute atomic E-state index is 13.2. The minimum absolute atomic E-state index is 0.00584. The van der Waals surface area contributed by atoms with Crippen molar-refractivity contribution in [3.8, 4) is 0 Å². The molecule has 17 atom stereocenters. The fourth-order valence-electron chi connectivity index (χ4n) is 9.11. The zero-order chi connectivity index (χ0) is 57.6. The van der Waals surface area contributed by atoms with Crippen molar-refractivity contribution < 1.29 is 89.4 Å². The highest BCUT2D eigenvalue weighted by Gasteiger charge is 2.53. The van der Waals surface area contributed by atoms with Crippen molar-refractivity contribution in [3.05, 3.63) is 97.2 Å². The number of ether oxygens (including phenoxy) is 6. The molecular formula is C60H99NO18. The number of allylic oxidation sites excluding steroid dienone is 14. The molecular weight excluding hydrogens is 1020 g/mol. The van der Waals surface area contributed by atoms with Gasteiger partial charge in [-0.05, 0) is 70.6 Å². The molecule has 0 spiro atoms. The lowest BCUT2D eigenvalue weighted by atomic mass is 9.96. The molecule has 3 aliphatic rings. The van der Waals surface area contributed by atoms with Gasteiger partial charge in [0.2, 0.25) is 5.91 Å². The lowest BCUT2D eigenvalue weighted by molar-refractivity contribution is -0.379. The van der Waals surface area contributed by atoms with Crippen molar-refractivity contribution in [2.75, 3.05) is 26.4 Å². The third-order valence-electron chi connectivity index (χ3n) is 13.9. The van der Waals surface area contributed by atoms with Gasteiger partial charge in [-0.25, -0.2) is 0 Å². The normalized spacial score (nSPS) is 31.0. The number of hydrogen-bond donors (Lipinski definition) is 12. The molecule has 3 fully saturated rings. The largest absolute Gasteiger partial charge is 0.394 e. The molecule has 17 unspecified atom stereocenters. The third-order valence-corrected chi connectivity index (χ3v) is 13.9. The van der Waals surface area contributed by atoms with Crippen molar-refractivity contribution in [3.63, 3.8) is 0 Å². The second-order valence-electron chi connectivity index (χ2n) is 20.4. The second kappa shape index (κ2) is 42.5. The number of amides is 1. The van der Waals surface area contributed by atoms with Crippen molar-refractivity contribution in [2.45, 2.75) is 247 Å². The van der Waals surface area contributed by atoms with Gasteiger partial charge in [-0.15, -0.1) is 0 Å². The molecule has 0 radical (unpaired) electrons. The first-order valence-corrected chi connectivity index (χ1v) is 29.0. The standard InChI is InChI=1S/C60H99NO18/c1-3-5-7-9-11-13-15-17-19-20-21-22-24-25-27-29-31-33-35-37-44(65)43(61-48(66)38-36-34-32-30-28-26-23-18-16-14-12-10-8-6-4-2)42-74-58-54(72)51(69)56(46(40-63)76-58)79-60-55(73)52(70)57(47(41-64)77-60)78-59-53(71)50(68)49(67)45(39-62)75-59/h6,8,12,14,18,21-23,27-30,34-37,43-47,49-60,62-65,67-73H,3-5,7,9-11,13,15-17,19-20,24-26,31-33,38-42H2,1-2H3,(H,61,66)/b8-6-,14-12-,22-21+,23-18-,29-27+,30-28-,36-34-,37-35+. The maximum atomic E-state index is 13.2. The first-order valence-electron chi connectivity index (χ1n) is 29.0. The van der Waals surface area contributed by atoms with E-state index >= 15 is 0 Å². The van der Waals surface area contributed by atoms with Gasteiger partial charge in [0.25, 0.3) is 0 Å². The number of aliphatic hydroxyl groups is 11. The fraction of sp³-hybridized carbons (Fsp3) is 0.717. The number of hydrogen-bond acceptors (Lipinski definition) is 18. The van der Waals surface area contributed by atoms with E-state index in [1.165, 1.54) is 57.8 Å². The molecule has 3 heterocycles. The lowest BCUT2D eigenvalue weighted by Crippen LogP contribution is -2.66. The van der Waals surface area contributed by atoms with E-state index in [4.69, 9.17) is 28.4 Å². The van der Waals surface area contributed by atoms with E-state index < -0.39 is 137 Å². The molecule has 0 saturated carbocycles. The highest BCUT2D eigenvalue weighted by atomic mass is 16.8. The Morgan fingerprint density at radius 2 is 0.886 bits per heavy atom. The topological polar surface area (TPSA) is 307 Å². The van der Waals surface area contributed by atoms with Crippen LogP contribution in [-0.4, -0.2) is 193 Å². The molecule has 0 aromatic rings. The Bertz CT molecular complexity index is 1820. The predicted octanol–water partition coefficient (Wildman–Crippen LogP) is 4.59. The smallest absolute Gasteiger partial charge is 0.224 e. The Kier molecular flexibility index (Phi) is 37.7. The van der Waals surface area contributed by atoms with E-state index in [9.17, 15) is 61.0 Å². The molecule has 19 heteroatoms. The van der Waals surface area contributed by atoms with Crippen LogP contribution in [0.15, 0.2) is 97.2 Å². The summed E-state index contributed by atoms with van der Waals surface area (Å²) in [5, 5.41) is 120. The Morgan fingerprint density at radius 3 is 1.39 bits per heavy atom. The summed E-state index contributed by atoms with van der Waals surface area (Å²) in [5.74, 6) is -0.422. The minimum Gasteiger partial charge on any atom is -0.394 e. The Balaban J connectivity index is 1.57. The lowest BCUT2D eigenvalue weighted by Gasteiger charge is -2.48. The van der Waals surface area contributed by atoms with Gasteiger partial charge < -0.3 is 89.9 Å². The maximum Gasteiger partial charge on any atom is 0.224 e. The van der Waals surface area contributed by atoms with Crippen LogP contribution in [0.4, 0.5) is 0 Å². The van der Waals surface area contributed by atoms with E-state index in [1.807, 2.05) is 18.2 Å². The number of unbranched alkanes of at least 4 members (excludes halogenated alkanes) is 11. The molecule has 0 aliphatic carbocycles. The van der Waals surface area contributed by atoms with Crippen LogP contribution in [0.1, 0.15) is 142 Å². The number of carbonyl (C=O) groups excluding carboxylic acids is 1. The van der Waals surface area contributed by atoms with Crippen molar-refractivity contribution >= 4 is 5.91 Å². The Morgan fingerprint density at radius 1 is 0.468 bits per heavy atom. The number of aliphatic hydroxyl groups excluding tert-OH is 11. The Labute approximate surface area is 469 Å². The molecule has 3 rings (SSSR count). The molecule has 3 saturated heterocycles. The van der Waals surface area contributed by atoms with Crippen LogP contribution in [0, 0.1) is 0 Å². The van der Waals surface area contributed by atoms with Crippen LogP contribution >= 0.6 is 0 Å². The SMILES string of the molecule is CC/C=C\C/C=C\C/C=C\C/C=C\C/C=C\CC(=O)NC(COC1OC(CO)C(OC2OC(CO)C(OC3OC(CO)C(O)C(O)C3O)C(O)C2O)C(O)C1O)C(O)/C=C/CC/C=C/CC/C=C/CCCCCCCCCCC. The highest BCUT2D eigenvalue weighted by Crippen LogP contribution is 2.33. The minimum atomic E-state index is -1.99. The first kappa shape index (κ1) is 70.0. The summed E-state index contributed by atoms with van der Waals surface area (Å²) in [5.41, 5.74) is 0. The average Bonchev–Trinajstić information content (AvgIpc) is 3.47. The number of nitrogens with one attached hydrogen (secondary N) is 1. The summed E-state index contributed by atoms with van der Waals surface area (Å²) in [6.07, 6.45) is 25.7. The van der Waals surface area contributed by atoms with Gasteiger partial charge in [0, 0.05) is 6.42 Å². The van der Waals surface area contributed by atoms with Gasteiger partial charge >= 0.3 is 0 Å². The van der Waals surface area contributed by atoms with E-state index in [0.717, 1.165) is 51.4 Å². The van der Waals surface area contributed by atoms with Gasteiger partial charge in [-0.3, -0.25) is 4.79 Å². The van der Waals surface area contributed by atoms with E-state index in [1.54, 1.807) is 18.2 Å². The summed E-state index contributed by atoms with van der Waals surface area (Å²) < 4.78 is 34.1. The zero-order valence-corrected chi connectivity index (χ0v) is 46.8. The highest BCUT2D eigenvalue weighted by molar-refractivity contribution is 5.77. The molecule has 19 nitrogen and oxygen atoms in total. The quantitative estimate of drug-likeness (QED) is 0.0295. The van der Waals surface area contributed by atoms with Crippen LogP contribution < -0.4 is 5.32 Å². The van der Waals surface area contributed by atoms with Gasteiger partial charge in [0.1, 0.15) is 73.2 Å². The molecule has 3 aliphatic heterocycles. The monoisotopic (exact) mass is 1120 g/mol. The van der Waals surface area contributed by atoms with Crippen molar-refractivity contribution in [2.24, 2.45) is 0 Å². The van der Waals surface area contributed by atoms with Gasteiger partial charge in [-0.1, -0.05) is 162 Å². The molecule has 452 valence electrons. The third kappa shape index (κ3) is 26.7. The molecule has 0 bridgehead atoms. The molecule has 12 N–H and O–H groups in total. The number of rotatable bonds is 40. The summed E-state index contributed by atoms with van der Waals surface area (Å²) in [6.45, 7) is 1.47. The summed E-state index contributed by atoms with van der Waals surface area (Å²) >= 11 is 0. The van der Waals surface area contributed by atoms with Crippen LogP contribution in [0.3, 0.4) is 0 Å². The average molecular weight is 1120 g/mol. The summed E-state index contributed by atoms with van der Waals surface area (Å²) in [6, 6.07) is -1.06. The van der Waals surface area contributed by atoms with E-state index in [0.29, 0.717) is 12.8 Å². The van der Waals surface area contributed by atoms with E-state index in [2.05, 4.69) is 79.9 Å². The zero-order valence-electron chi connectivity index (χ0n) is 46.8. The second-order valence-corrected chi connectivity index (χ2v) is 20.4. The van der Waals surface area contributed by atoms with Gasteiger partial charge in [0.05, 0.1) is 38.6 Å². The molecule has 0 aromatic heterocycles. The van der Waals surface area contributed by atoms with Gasteiger partial charge in [0.15, 0.2) is 18.9 Å². The summed E-state index contributed by atoms with van der Waals surface area (Å²) in [4.78, 5) is 13.2. The molecule has 1 amide bonds. The summed E-state index contributed by atoms with van der Waals surface area (Å²) in [7, 11) is 0. The Hall–Kier alpha value is -3.29. The predicted molar refractivity (Wildman–Crippen MR) is 300 cm³/mol. The fourth-order valence-corrected chi connectivity index (χ4v) is 9.11. The van der Waals surface area contributed by atoms with Crippen molar-refractivity contribution in [1.82, 2.24) is 5.32 Å². The first-order chi connectivity index (χ1) is 38.3. The molecule has 79 heavy (non-hydrogen) atoms. The van der Waals surface area contributed by atoms with Crippen LogP contribution in [0.5, 0.6) is 0 Å². The van der Waals surface area contributed by atoms with Gasteiger partial charge in [-0.2, -0.15) is 0 Å². The number of carbonyl (C=O) groups is 1. The van der Waals surface area contributed by atoms with E-state index in [-0.39, 0.29) is 6.42 Å². The van der Waals surface area contributed by atoms with Crippen LogP contribution in [0.25, 0.3) is 0 Å². The van der Waals surface area contributed by atoms with Crippen LogP contribution in [0.2, 0.25) is 0 Å². The van der Waals surface area contributed by atoms with Crippen molar-refractivity contribution in [1.29, 1.82) is 0 Å².